The van der Waals surface area contributed by atoms with E-state index in [0.29, 0.717) is 12.5 Å². The first-order chi connectivity index (χ1) is 7.17. The number of nitrogens with two attached hydrogens (primary N) is 1. The highest BCUT2D eigenvalue weighted by Crippen LogP contribution is 2.05. The standard InChI is InChI=1S/C12H27N3O/c1-9(7-13)8-15(6)10(2)11(16)14-12(3,4)5/h9-10H,7-8,13H2,1-6H3,(H,14,16). The second-order valence-electron chi connectivity index (χ2n) is 5.70. The van der Waals surface area contributed by atoms with E-state index in [-0.39, 0.29) is 17.5 Å². The van der Waals surface area contributed by atoms with Crippen LogP contribution in [0.4, 0.5) is 0 Å². The molecule has 0 aliphatic rings. The molecular weight excluding hydrogens is 202 g/mol. The molecule has 0 aromatic heterocycles. The van der Waals surface area contributed by atoms with Crippen molar-refractivity contribution in [1.82, 2.24) is 10.2 Å². The molecule has 1 amide bonds. The number of hydrogen-bond acceptors (Lipinski definition) is 3. The Morgan fingerprint density at radius 2 is 1.88 bits per heavy atom. The zero-order chi connectivity index (χ0) is 12.9. The number of carbonyl (C=O) groups is 1. The maximum Gasteiger partial charge on any atom is 0.237 e. The number of nitrogens with zero attached hydrogens (tertiary/aromatic N) is 1. The Bertz CT molecular complexity index is 223. The van der Waals surface area contributed by atoms with Crippen molar-refractivity contribution in [1.29, 1.82) is 0 Å². The predicted octanol–water partition coefficient (Wildman–Crippen LogP) is 0.816. The van der Waals surface area contributed by atoms with Gasteiger partial charge in [0.25, 0.3) is 0 Å². The van der Waals surface area contributed by atoms with Gasteiger partial charge in [-0.25, -0.2) is 0 Å². The van der Waals surface area contributed by atoms with Crippen LogP contribution < -0.4 is 11.1 Å². The number of hydrogen-bond donors (Lipinski definition) is 2. The zero-order valence-electron chi connectivity index (χ0n) is 11.5. The van der Waals surface area contributed by atoms with Crippen LogP contribution in [0.25, 0.3) is 0 Å². The van der Waals surface area contributed by atoms with Crippen LogP contribution in [0, 0.1) is 5.92 Å². The molecule has 4 heteroatoms. The Hall–Kier alpha value is -0.610. The molecular formula is C12H27N3O. The third kappa shape index (κ3) is 6.08. The summed E-state index contributed by atoms with van der Waals surface area (Å²) in [5.41, 5.74) is 5.40. The summed E-state index contributed by atoms with van der Waals surface area (Å²) in [6, 6.07) is -0.117. The van der Waals surface area contributed by atoms with Crippen LogP contribution in [0.2, 0.25) is 0 Å². The lowest BCUT2D eigenvalue weighted by Gasteiger charge is -2.29. The molecule has 0 fully saturated rings. The van der Waals surface area contributed by atoms with E-state index >= 15 is 0 Å². The van der Waals surface area contributed by atoms with Gasteiger partial charge in [-0.05, 0) is 47.2 Å². The maximum absolute atomic E-state index is 11.9. The van der Waals surface area contributed by atoms with Crippen molar-refractivity contribution in [3.63, 3.8) is 0 Å². The van der Waals surface area contributed by atoms with E-state index in [9.17, 15) is 4.79 Å². The van der Waals surface area contributed by atoms with Gasteiger partial charge in [0.05, 0.1) is 6.04 Å². The van der Waals surface area contributed by atoms with Gasteiger partial charge in [-0.2, -0.15) is 0 Å². The minimum Gasteiger partial charge on any atom is -0.350 e. The number of likely N-dealkylation sites (N-methyl/N-ethyl adjacent to an activating group) is 1. The zero-order valence-corrected chi connectivity index (χ0v) is 11.5. The first-order valence-electron chi connectivity index (χ1n) is 5.89. The summed E-state index contributed by atoms with van der Waals surface area (Å²) >= 11 is 0. The highest BCUT2D eigenvalue weighted by Gasteiger charge is 2.22. The van der Waals surface area contributed by atoms with Crippen molar-refractivity contribution in [2.75, 3.05) is 20.1 Å². The summed E-state index contributed by atoms with van der Waals surface area (Å²) < 4.78 is 0. The normalized spacial score (nSPS) is 16.0. The molecule has 0 radical (unpaired) electrons. The van der Waals surface area contributed by atoms with E-state index in [2.05, 4.69) is 12.2 Å². The van der Waals surface area contributed by atoms with Gasteiger partial charge in [-0.3, -0.25) is 9.69 Å². The quantitative estimate of drug-likeness (QED) is 0.733. The molecule has 0 saturated carbocycles. The van der Waals surface area contributed by atoms with Crippen LogP contribution in [-0.2, 0) is 4.79 Å². The third-order valence-electron chi connectivity index (χ3n) is 2.54. The topological polar surface area (TPSA) is 58.4 Å². The van der Waals surface area contributed by atoms with Gasteiger partial charge < -0.3 is 11.1 Å². The SMILES string of the molecule is CC(CN)CN(C)C(C)C(=O)NC(C)(C)C. The van der Waals surface area contributed by atoms with Crippen LogP contribution in [0.15, 0.2) is 0 Å². The minimum atomic E-state index is -0.175. The predicted molar refractivity (Wildman–Crippen MR) is 68.2 cm³/mol. The molecule has 16 heavy (non-hydrogen) atoms. The highest BCUT2D eigenvalue weighted by atomic mass is 16.2. The first-order valence-corrected chi connectivity index (χ1v) is 5.89. The lowest BCUT2D eigenvalue weighted by atomic mass is 10.1. The molecule has 2 atom stereocenters. The van der Waals surface area contributed by atoms with Gasteiger partial charge >= 0.3 is 0 Å². The number of rotatable bonds is 5. The van der Waals surface area contributed by atoms with Crippen molar-refractivity contribution >= 4 is 5.91 Å². The summed E-state index contributed by atoms with van der Waals surface area (Å²) in [6.07, 6.45) is 0. The molecule has 96 valence electrons. The van der Waals surface area contributed by atoms with Crippen molar-refractivity contribution in [2.24, 2.45) is 11.7 Å². The van der Waals surface area contributed by atoms with E-state index in [1.165, 1.54) is 0 Å². The molecule has 3 N–H and O–H groups in total. The maximum atomic E-state index is 11.9. The van der Waals surface area contributed by atoms with Gasteiger partial charge in [0, 0.05) is 12.1 Å². The molecule has 0 aromatic carbocycles. The van der Waals surface area contributed by atoms with Gasteiger partial charge in [0.15, 0.2) is 0 Å². The van der Waals surface area contributed by atoms with Gasteiger partial charge in [-0.15, -0.1) is 0 Å². The van der Waals surface area contributed by atoms with Gasteiger partial charge in [-0.1, -0.05) is 6.92 Å². The molecule has 0 bridgehead atoms. The van der Waals surface area contributed by atoms with Crippen LogP contribution in [-0.4, -0.2) is 42.5 Å². The van der Waals surface area contributed by atoms with E-state index in [0.717, 1.165) is 6.54 Å². The highest BCUT2D eigenvalue weighted by molar-refractivity contribution is 5.81. The molecule has 2 unspecified atom stereocenters. The number of nitrogens with one attached hydrogen (secondary N) is 1. The smallest absolute Gasteiger partial charge is 0.237 e. The Kier molecular flexibility index (Phi) is 5.97. The molecule has 0 aliphatic carbocycles. The molecule has 0 heterocycles. The Morgan fingerprint density at radius 3 is 2.25 bits per heavy atom. The fourth-order valence-corrected chi connectivity index (χ4v) is 1.40. The second kappa shape index (κ2) is 6.21. The number of carbonyl (C=O) groups excluding carboxylic acids is 1. The van der Waals surface area contributed by atoms with Crippen molar-refractivity contribution in [3.8, 4) is 0 Å². The van der Waals surface area contributed by atoms with Gasteiger partial charge in [0.2, 0.25) is 5.91 Å². The van der Waals surface area contributed by atoms with Gasteiger partial charge in [0.1, 0.15) is 0 Å². The van der Waals surface area contributed by atoms with Crippen molar-refractivity contribution < 1.29 is 4.79 Å². The molecule has 0 saturated heterocycles. The van der Waals surface area contributed by atoms with Crippen molar-refractivity contribution in [3.05, 3.63) is 0 Å². The van der Waals surface area contributed by atoms with E-state index in [4.69, 9.17) is 5.73 Å². The molecule has 4 nitrogen and oxygen atoms in total. The fourth-order valence-electron chi connectivity index (χ4n) is 1.40. The average Bonchev–Trinajstić information content (AvgIpc) is 2.13. The summed E-state index contributed by atoms with van der Waals surface area (Å²) in [6.45, 7) is 11.5. The summed E-state index contributed by atoms with van der Waals surface area (Å²) in [4.78, 5) is 13.9. The van der Waals surface area contributed by atoms with E-state index in [1.54, 1.807) is 0 Å². The summed E-state index contributed by atoms with van der Waals surface area (Å²) in [5.74, 6) is 0.481. The lowest BCUT2D eigenvalue weighted by Crippen LogP contribution is -2.50. The second-order valence-corrected chi connectivity index (χ2v) is 5.70. The van der Waals surface area contributed by atoms with Crippen molar-refractivity contribution in [2.45, 2.75) is 46.2 Å². The Morgan fingerprint density at radius 1 is 1.38 bits per heavy atom. The largest absolute Gasteiger partial charge is 0.350 e. The Labute approximate surface area is 99.6 Å². The van der Waals surface area contributed by atoms with Crippen LogP contribution in [0.3, 0.4) is 0 Å². The molecule has 0 aromatic rings. The van der Waals surface area contributed by atoms with Crippen LogP contribution in [0.5, 0.6) is 0 Å². The van der Waals surface area contributed by atoms with Crippen LogP contribution in [0.1, 0.15) is 34.6 Å². The van der Waals surface area contributed by atoms with E-state index < -0.39 is 0 Å². The molecule has 0 rings (SSSR count). The molecule has 0 spiro atoms. The molecule has 0 aliphatic heterocycles. The lowest BCUT2D eigenvalue weighted by molar-refractivity contribution is -0.127. The summed E-state index contributed by atoms with van der Waals surface area (Å²) in [5, 5.41) is 2.98. The monoisotopic (exact) mass is 229 g/mol. The van der Waals surface area contributed by atoms with E-state index in [1.807, 2.05) is 39.6 Å². The number of amides is 1. The summed E-state index contributed by atoms with van der Waals surface area (Å²) in [7, 11) is 1.96. The minimum absolute atomic E-state index is 0.0687. The fraction of sp³-hybridized carbons (Fsp3) is 0.917. The Balaban J connectivity index is 4.22. The van der Waals surface area contributed by atoms with Crippen LogP contribution >= 0.6 is 0 Å². The first kappa shape index (κ1) is 15.4. The third-order valence-corrected chi connectivity index (χ3v) is 2.54. The average molecular weight is 229 g/mol.